The summed E-state index contributed by atoms with van der Waals surface area (Å²) in [7, 11) is 0. The minimum atomic E-state index is -1.42. The first-order valence-corrected chi connectivity index (χ1v) is 22.8. The van der Waals surface area contributed by atoms with Gasteiger partial charge in [-0.25, -0.2) is 0 Å². The number of hydrogen-bond acceptors (Lipinski definition) is 30. The maximum atomic E-state index is 9.21. The smallest absolute Gasteiger partial charge is 0.108 e. The van der Waals surface area contributed by atoms with E-state index in [4.69, 9.17) is 123 Å². The van der Waals surface area contributed by atoms with Crippen molar-refractivity contribution in [3.63, 3.8) is 0 Å². The molecule has 24 atom stereocenters. The average Bonchev–Trinajstić information content (AvgIpc) is 3.42. The Bertz CT molecular complexity index is 843. The van der Waals surface area contributed by atoms with Crippen molar-refractivity contribution < 1.29 is 153 Å². The van der Waals surface area contributed by atoms with Crippen LogP contribution in [0.15, 0.2) is 0 Å². The molecule has 24 unspecified atom stereocenters. The fourth-order valence-corrected chi connectivity index (χ4v) is 5.04. The molecular formula is C42H96O30. The molecule has 444 valence electrons. The third-order valence-corrected chi connectivity index (χ3v) is 11.4. The van der Waals surface area contributed by atoms with E-state index in [9.17, 15) is 30.6 Å². The summed E-state index contributed by atoms with van der Waals surface area (Å²) in [5, 5.41) is 265. The number of aliphatic hydroxyl groups excluding tert-OH is 30. The highest BCUT2D eigenvalue weighted by Crippen LogP contribution is 2.15. The molecule has 0 saturated carbocycles. The summed E-state index contributed by atoms with van der Waals surface area (Å²) in [6, 6.07) is 0. The number of rotatable bonds is 30. The lowest BCUT2D eigenvalue weighted by Gasteiger charge is -2.25. The van der Waals surface area contributed by atoms with Crippen molar-refractivity contribution in [2.45, 2.75) is 151 Å². The number of hydrogen-bond donors (Lipinski definition) is 30. The van der Waals surface area contributed by atoms with Crippen LogP contribution in [0.25, 0.3) is 0 Å². The van der Waals surface area contributed by atoms with Crippen molar-refractivity contribution >= 4 is 0 Å². The maximum absolute atomic E-state index is 9.21. The zero-order valence-electron chi connectivity index (χ0n) is 41.8. The van der Waals surface area contributed by atoms with E-state index in [1.54, 1.807) is 0 Å². The van der Waals surface area contributed by atoms with Crippen LogP contribution in [0.3, 0.4) is 0 Å². The van der Waals surface area contributed by atoms with Crippen molar-refractivity contribution in [3.05, 3.63) is 0 Å². The van der Waals surface area contributed by atoms with Crippen LogP contribution in [0.1, 0.15) is 41.5 Å². The Morgan fingerprint density at radius 2 is 0.292 bits per heavy atom. The summed E-state index contributed by atoms with van der Waals surface area (Å²) in [5.41, 5.74) is 0. The van der Waals surface area contributed by atoms with Gasteiger partial charge in [-0.1, -0.05) is 41.5 Å². The fourth-order valence-electron chi connectivity index (χ4n) is 5.04. The van der Waals surface area contributed by atoms with Crippen LogP contribution in [0.4, 0.5) is 0 Å². The van der Waals surface area contributed by atoms with E-state index in [2.05, 4.69) is 0 Å². The normalized spacial score (nSPS) is 21.5. The summed E-state index contributed by atoms with van der Waals surface area (Å²) in [6.45, 7) is 2.80. The predicted octanol–water partition coefficient (Wildman–Crippen LogP) is -13.9. The van der Waals surface area contributed by atoms with Gasteiger partial charge in [0.25, 0.3) is 0 Å². The molecule has 0 amide bonds. The van der Waals surface area contributed by atoms with Crippen LogP contribution in [0.2, 0.25) is 0 Å². The first kappa shape index (κ1) is 82.1. The standard InChI is InChI=1S/6C7H16O5/c5*1-4(5(10)2-8)7(12)6(11)3-9;1-4(2-8)6(11)7(12)5(10)3-9/h6*4-12H,2-3H2,1H3. The Kier molecular flexibility index (Phi) is 55.0. The second-order valence-electron chi connectivity index (χ2n) is 17.1. The van der Waals surface area contributed by atoms with Crippen molar-refractivity contribution in [1.29, 1.82) is 0 Å². The van der Waals surface area contributed by atoms with Gasteiger partial charge in [0.15, 0.2) is 0 Å². The van der Waals surface area contributed by atoms with E-state index in [0.717, 1.165) is 0 Å². The highest BCUT2D eigenvalue weighted by Gasteiger charge is 2.31. The molecule has 30 nitrogen and oxygen atoms in total. The highest BCUT2D eigenvalue weighted by molar-refractivity contribution is 4.81. The van der Waals surface area contributed by atoms with Gasteiger partial charge >= 0.3 is 0 Å². The fraction of sp³-hybridized carbons (Fsp3) is 1.00. The molecule has 0 fully saturated rings. The summed E-state index contributed by atoms with van der Waals surface area (Å²) in [4.78, 5) is 0. The van der Waals surface area contributed by atoms with Gasteiger partial charge in [0.2, 0.25) is 0 Å². The molecule has 30 N–H and O–H groups in total. The van der Waals surface area contributed by atoms with Crippen LogP contribution in [0, 0.1) is 35.5 Å². The van der Waals surface area contributed by atoms with E-state index < -0.39 is 218 Å². The van der Waals surface area contributed by atoms with Crippen LogP contribution in [0.5, 0.6) is 0 Å². The lowest BCUT2D eigenvalue weighted by atomic mass is 9.95. The SMILES string of the molecule is CC(C(O)CO)C(O)C(O)CO.CC(C(O)CO)C(O)C(O)CO.CC(C(O)CO)C(O)C(O)CO.CC(C(O)CO)C(O)C(O)CO.CC(C(O)CO)C(O)C(O)CO.CC(CO)C(O)C(O)C(O)CO. The molecule has 0 aromatic carbocycles. The molecule has 30 heteroatoms. The lowest BCUT2D eigenvalue weighted by Crippen LogP contribution is -2.43. The van der Waals surface area contributed by atoms with Gasteiger partial charge in [-0.05, 0) is 0 Å². The Hall–Kier alpha value is -1.20. The van der Waals surface area contributed by atoms with Crippen molar-refractivity contribution in [2.24, 2.45) is 35.5 Å². The van der Waals surface area contributed by atoms with Gasteiger partial charge in [0.05, 0.1) is 140 Å². The predicted molar refractivity (Wildman–Crippen MR) is 248 cm³/mol. The second-order valence-corrected chi connectivity index (χ2v) is 17.1. The summed E-state index contributed by atoms with van der Waals surface area (Å²) < 4.78 is 0. The minimum absolute atomic E-state index is 0.281. The quantitative estimate of drug-likeness (QED) is 0.0318. The lowest BCUT2D eigenvalue weighted by molar-refractivity contribution is -0.0978. The molecule has 0 saturated heterocycles. The van der Waals surface area contributed by atoms with Gasteiger partial charge in [0, 0.05) is 42.1 Å². The third kappa shape index (κ3) is 35.2. The zero-order valence-corrected chi connectivity index (χ0v) is 41.8. The van der Waals surface area contributed by atoms with Crippen molar-refractivity contribution in [3.8, 4) is 0 Å². The molecule has 0 heterocycles. The van der Waals surface area contributed by atoms with Crippen LogP contribution in [-0.4, -0.2) is 342 Å². The van der Waals surface area contributed by atoms with Crippen molar-refractivity contribution in [2.75, 3.05) is 79.3 Å². The molecular weight excluding hydrogens is 984 g/mol. The van der Waals surface area contributed by atoms with Gasteiger partial charge in [0.1, 0.15) is 42.7 Å². The monoisotopic (exact) mass is 1080 g/mol. The molecule has 0 aromatic rings. The number of aliphatic hydroxyl groups is 30. The first-order chi connectivity index (χ1) is 33.2. The van der Waals surface area contributed by atoms with Crippen molar-refractivity contribution in [1.82, 2.24) is 0 Å². The Balaban J connectivity index is -0.000000181. The van der Waals surface area contributed by atoms with Crippen LogP contribution in [-0.2, 0) is 0 Å². The van der Waals surface area contributed by atoms with E-state index >= 15 is 0 Å². The Morgan fingerprint density at radius 1 is 0.167 bits per heavy atom. The zero-order chi connectivity index (χ0) is 58.3. The molecule has 0 aliphatic carbocycles. The van der Waals surface area contributed by atoms with E-state index in [0.29, 0.717) is 0 Å². The van der Waals surface area contributed by atoms with Crippen LogP contribution < -0.4 is 0 Å². The van der Waals surface area contributed by atoms with E-state index in [1.165, 1.54) is 41.5 Å². The van der Waals surface area contributed by atoms with E-state index in [-0.39, 0.29) is 6.61 Å². The average molecular weight is 1080 g/mol. The molecule has 0 bridgehead atoms. The maximum Gasteiger partial charge on any atom is 0.108 e. The molecule has 0 rings (SSSR count). The molecule has 0 radical (unpaired) electrons. The molecule has 72 heavy (non-hydrogen) atoms. The molecule has 0 aromatic heterocycles. The molecule has 0 spiro atoms. The summed E-state index contributed by atoms with van der Waals surface area (Å²) in [5.74, 6) is -3.87. The second kappa shape index (κ2) is 48.2. The summed E-state index contributed by atoms with van der Waals surface area (Å²) in [6.07, 6.45) is -21.9. The Labute approximate surface area is 419 Å². The molecule has 0 aliphatic heterocycles. The largest absolute Gasteiger partial charge is 0.396 e. The van der Waals surface area contributed by atoms with E-state index in [1.807, 2.05) is 0 Å². The van der Waals surface area contributed by atoms with Gasteiger partial charge < -0.3 is 153 Å². The first-order valence-electron chi connectivity index (χ1n) is 22.8. The van der Waals surface area contributed by atoms with Gasteiger partial charge in [-0.15, -0.1) is 0 Å². The third-order valence-electron chi connectivity index (χ3n) is 11.4. The molecule has 0 aliphatic rings. The van der Waals surface area contributed by atoms with Crippen LogP contribution >= 0.6 is 0 Å². The topological polar surface area (TPSA) is 607 Å². The minimum Gasteiger partial charge on any atom is -0.396 e. The highest BCUT2D eigenvalue weighted by atomic mass is 16.4. The Morgan fingerprint density at radius 3 is 0.403 bits per heavy atom. The summed E-state index contributed by atoms with van der Waals surface area (Å²) >= 11 is 0. The van der Waals surface area contributed by atoms with Gasteiger partial charge in [-0.3, -0.25) is 0 Å². The van der Waals surface area contributed by atoms with Gasteiger partial charge in [-0.2, -0.15) is 0 Å².